The number of hydrogen-bond donors (Lipinski definition) is 2. The fraction of sp³-hybridized carbons (Fsp3) is 0.111. The van der Waals surface area contributed by atoms with Crippen LogP contribution in [0.1, 0.15) is 43.0 Å². The molecule has 0 unspecified atom stereocenters. The quantitative estimate of drug-likeness (QED) is 0.835. The van der Waals surface area contributed by atoms with Gasteiger partial charge in [-0.1, -0.05) is 17.9 Å². The molecular weight excluding hydrogens is 280 g/mol. The highest BCUT2D eigenvalue weighted by Gasteiger charge is 2.10. The van der Waals surface area contributed by atoms with Gasteiger partial charge in [0.15, 0.2) is 0 Å². The number of benzene rings is 2. The topological polar surface area (TPSA) is 74.6 Å². The monoisotopic (exact) mass is 294 g/mol. The lowest BCUT2D eigenvalue weighted by Crippen LogP contribution is -2.03. The summed E-state index contributed by atoms with van der Waals surface area (Å²) in [5, 5.41) is 18.1. The van der Waals surface area contributed by atoms with E-state index in [4.69, 9.17) is 10.2 Å². The molecule has 0 aromatic heterocycles. The number of hydrogen-bond acceptors (Lipinski definition) is 2. The van der Waals surface area contributed by atoms with Crippen LogP contribution in [-0.4, -0.2) is 22.2 Å². The molecule has 22 heavy (non-hydrogen) atoms. The van der Waals surface area contributed by atoms with E-state index in [1.807, 2.05) is 32.0 Å². The van der Waals surface area contributed by atoms with Crippen molar-refractivity contribution in [2.24, 2.45) is 0 Å². The van der Waals surface area contributed by atoms with Gasteiger partial charge in [-0.15, -0.1) is 0 Å². The van der Waals surface area contributed by atoms with E-state index in [0.29, 0.717) is 5.56 Å². The molecule has 0 atom stereocenters. The molecule has 2 aromatic rings. The zero-order chi connectivity index (χ0) is 16.3. The lowest BCUT2D eigenvalue weighted by atomic mass is 10.0. The van der Waals surface area contributed by atoms with E-state index in [0.717, 1.165) is 22.8 Å². The Morgan fingerprint density at radius 1 is 0.727 bits per heavy atom. The molecular formula is C18H14O4. The van der Waals surface area contributed by atoms with Crippen molar-refractivity contribution >= 4 is 11.9 Å². The van der Waals surface area contributed by atoms with E-state index in [-0.39, 0.29) is 11.1 Å². The first kappa shape index (κ1) is 15.3. The molecule has 0 heterocycles. The predicted molar refractivity (Wildman–Crippen MR) is 82.3 cm³/mol. The van der Waals surface area contributed by atoms with Crippen LogP contribution < -0.4 is 0 Å². The first-order valence-corrected chi connectivity index (χ1v) is 6.57. The third-order valence-corrected chi connectivity index (χ3v) is 3.00. The van der Waals surface area contributed by atoms with Gasteiger partial charge in [0.25, 0.3) is 0 Å². The molecule has 2 rings (SSSR count). The Kier molecular flexibility index (Phi) is 4.28. The minimum Gasteiger partial charge on any atom is -0.478 e. The van der Waals surface area contributed by atoms with Gasteiger partial charge in [0.05, 0.1) is 11.1 Å². The van der Waals surface area contributed by atoms with Crippen LogP contribution in [0, 0.1) is 25.7 Å². The van der Waals surface area contributed by atoms with E-state index in [9.17, 15) is 9.59 Å². The van der Waals surface area contributed by atoms with Gasteiger partial charge in [0.1, 0.15) is 0 Å². The summed E-state index contributed by atoms with van der Waals surface area (Å²) in [7, 11) is 0. The number of aryl methyl sites for hydroxylation is 2. The van der Waals surface area contributed by atoms with Gasteiger partial charge < -0.3 is 10.2 Å². The molecule has 0 amide bonds. The zero-order valence-electron chi connectivity index (χ0n) is 12.2. The summed E-state index contributed by atoms with van der Waals surface area (Å²) in [4.78, 5) is 22.1. The summed E-state index contributed by atoms with van der Waals surface area (Å²) in [5.74, 6) is 3.40. The molecule has 2 N–H and O–H groups in total. The second kappa shape index (κ2) is 6.15. The van der Waals surface area contributed by atoms with Crippen molar-refractivity contribution in [2.45, 2.75) is 13.8 Å². The highest BCUT2D eigenvalue weighted by Crippen LogP contribution is 2.12. The molecule has 4 heteroatoms. The van der Waals surface area contributed by atoms with Crippen molar-refractivity contribution in [2.75, 3.05) is 0 Å². The molecule has 0 radical (unpaired) electrons. The van der Waals surface area contributed by atoms with Crippen molar-refractivity contribution in [3.63, 3.8) is 0 Å². The van der Waals surface area contributed by atoms with Crippen LogP contribution in [0.5, 0.6) is 0 Å². The molecule has 2 aromatic carbocycles. The van der Waals surface area contributed by atoms with Crippen molar-refractivity contribution in [3.8, 4) is 11.8 Å². The maximum Gasteiger partial charge on any atom is 0.335 e. The summed E-state index contributed by atoms with van der Waals surface area (Å²) < 4.78 is 0. The van der Waals surface area contributed by atoms with E-state index >= 15 is 0 Å². The van der Waals surface area contributed by atoms with Crippen molar-refractivity contribution in [1.29, 1.82) is 0 Å². The van der Waals surface area contributed by atoms with Gasteiger partial charge in [-0.25, -0.2) is 9.59 Å². The summed E-state index contributed by atoms with van der Waals surface area (Å²) in [6.45, 7) is 3.93. The molecule has 0 fully saturated rings. The van der Waals surface area contributed by atoms with E-state index in [2.05, 4.69) is 11.8 Å². The molecule has 4 nitrogen and oxygen atoms in total. The van der Waals surface area contributed by atoms with E-state index in [1.54, 1.807) is 0 Å². The highest BCUT2D eigenvalue weighted by atomic mass is 16.4. The molecule has 0 aliphatic carbocycles. The van der Waals surface area contributed by atoms with Gasteiger partial charge >= 0.3 is 11.9 Å². The lowest BCUT2D eigenvalue weighted by Gasteiger charge is -2.00. The van der Waals surface area contributed by atoms with Gasteiger partial charge in [-0.05, 0) is 55.3 Å². The Hall–Kier alpha value is -3.06. The number of aromatic carboxylic acids is 2. The Balaban J connectivity index is 2.47. The average Bonchev–Trinajstić information content (AvgIpc) is 2.43. The largest absolute Gasteiger partial charge is 0.478 e. The van der Waals surface area contributed by atoms with Crippen LogP contribution in [0.2, 0.25) is 0 Å². The van der Waals surface area contributed by atoms with Crippen molar-refractivity contribution in [1.82, 2.24) is 0 Å². The molecule has 0 aliphatic heterocycles. The third-order valence-electron chi connectivity index (χ3n) is 3.00. The van der Waals surface area contributed by atoms with Crippen LogP contribution in [0.15, 0.2) is 36.4 Å². The van der Waals surface area contributed by atoms with Gasteiger partial charge in [0.2, 0.25) is 0 Å². The van der Waals surface area contributed by atoms with Gasteiger partial charge in [-0.3, -0.25) is 0 Å². The third kappa shape index (κ3) is 3.74. The Labute approximate surface area is 128 Å². The second-order valence-corrected chi connectivity index (χ2v) is 5.04. The zero-order valence-corrected chi connectivity index (χ0v) is 12.2. The predicted octanol–water partition coefficient (Wildman–Crippen LogP) is 3.10. The number of rotatable bonds is 2. The summed E-state index contributed by atoms with van der Waals surface area (Å²) in [6, 6.07) is 9.71. The molecule has 0 saturated heterocycles. The van der Waals surface area contributed by atoms with Crippen LogP contribution in [0.4, 0.5) is 0 Å². The maximum absolute atomic E-state index is 11.1. The average molecular weight is 294 g/mol. The minimum atomic E-state index is -1.18. The standard InChI is InChI=1S/C18H14O4/c1-11-5-12(2)7-13(6-11)3-4-14-8-15(17(19)20)10-16(9-14)18(21)22/h5-10H,1-2H3,(H,19,20)(H,21,22). The fourth-order valence-corrected chi connectivity index (χ4v) is 2.14. The summed E-state index contributed by atoms with van der Waals surface area (Å²) in [5.41, 5.74) is 3.13. The maximum atomic E-state index is 11.1. The Morgan fingerprint density at radius 2 is 1.14 bits per heavy atom. The summed E-state index contributed by atoms with van der Waals surface area (Å²) in [6.07, 6.45) is 0. The SMILES string of the molecule is Cc1cc(C)cc(C#Cc2cc(C(=O)O)cc(C(=O)O)c2)c1. The van der Waals surface area contributed by atoms with Crippen LogP contribution in [-0.2, 0) is 0 Å². The molecule has 0 saturated carbocycles. The smallest absolute Gasteiger partial charge is 0.335 e. The highest BCUT2D eigenvalue weighted by molar-refractivity contribution is 5.94. The number of carboxylic acids is 2. The van der Waals surface area contributed by atoms with Gasteiger partial charge in [-0.2, -0.15) is 0 Å². The Bertz CT molecular complexity index is 770. The second-order valence-electron chi connectivity index (χ2n) is 5.04. The summed E-state index contributed by atoms with van der Waals surface area (Å²) >= 11 is 0. The van der Waals surface area contributed by atoms with E-state index in [1.165, 1.54) is 12.1 Å². The normalized spacial score (nSPS) is 9.73. The Morgan fingerprint density at radius 3 is 1.55 bits per heavy atom. The fourth-order valence-electron chi connectivity index (χ4n) is 2.14. The first-order chi connectivity index (χ1) is 10.3. The molecule has 110 valence electrons. The van der Waals surface area contributed by atoms with E-state index < -0.39 is 11.9 Å². The van der Waals surface area contributed by atoms with Crippen molar-refractivity contribution < 1.29 is 19.8 Å². The van der Waals surface area contributed by atoms with Crippen LogP contribution in [0.3, 0.4) is 0 Å². The molecule has 0 bridgehead atoms. The van der Waals surface area contributed by atoms with Gasteiger partial charge in [0, 0.05) is 11.1 Å². The number of carboxylic acid groups (broad SMARTS) is 2. The lowest BCUT2D eigenvalue weighted by molar-refractivity contribution is 0.0696. The first-order valence-electron chi connectivity index (χ1n) is 6.57. The molecule has 0 aliphatic rings. The number of carbonyl (C=O) groups is 2. The minimum absolute atomic E-state index is 0.0929. The van der Waals surface area contributed by atoms with Crippen molar-refractivity contribution in [3.05, 3.63) is 69.8 Å². The van der Waals surface area contributed by atoms with Crippen LogP contribution >= 0.6 is 0 Å². The van der Waals surface area contributed by atoms with Crippen LogP contribution in [0.25, 0.3) is 0 Å². The molecule has 0 spiro atoms.